The first-order valence-corrected chi connectivity index (χ1v) is 9.98. The van der Waals surface area contributed by atoms with E-state index in [0.717, 1.165) is 19.4 Å². The first-order valence-electron chi connectivity index (χ1n) is 9.98. The van der Waals surface area contributed by atoms with Crippen molar-refractivity contribution in [2.75, 3.05) is 20.1 Å². The number of hydrogen-bond donors (Lipinski definition) is 1. The van der Waals surface area contributed by atoms with Crippen molar-refractivity contribution in [3.05, 3.63) is 29.3 Å². The van der Waals surface area contributed by atoms with Gasteiger partial charge in [0.05, 0.1) is 0 Å². The molecule has 2 atom stereocenters. The molecule has 3 rings (SSSR count). The third-order valence-electron chi connectivity index (χ3n) is 5.76. The number of nitrogens with one attached hydrogen (secondary N) is 1. The van der Waals surface area contributed by atoms with Crippen LogP contribution in [-0.4, -0.2) is 31.1 Å². The van der Waals surface area contributed by atoms with Crippen molar-refractivity contribution in [3.8, 4) is 5.75 Å². The molecule has 2 unspecified atom stereocenters. The zero-order valence-electron chi connectivity index (χ0n) is 15.7. The number of carbonyl (C=O) groups is 1. The van der Waals surface area contributed by atoms with Crippen molar-refractivity contribution in [3.63, 3.8) is 0 Å². The summed E-state index contributed by atoms with van der Waals surface area (Å²) in [5, 5.41) is 2.87. The van der Waals surface area contributed by atoms with E-state index in [1.807, 2.05) is 6.07 Å². The lowest BCUT2D eigenvalue weighted by atomic mass is 9.90. The topological polar surface area (TPSA) is 41.6 Å². The molecule has 0 radical (unpaired) electrons. The molecule has 2 bridgehead atoms. The molecule has 1 aliphatic heterocycles. The van der Waals surface area contributed by atoms with Gasteiger partial charge in [0.15, 0.2) is 0 Å². The number of benzene rings is 1. The van der Waals surface area contributed by atoms with E-state index in [2.05, 4.69) is 36.3 Å². The van der Waals surface area contributed by atoms with Gasteiger partial charge in [-0.15, -0.1) is 0 Å². The molecule has 0 saturated heterocycles. The zero-order chi connectivity index (χ0) is 17.6. The van der Waals surface area contributed by atoms with Crippen molar-refractivity contribution in [1.82, 2.24) is 10.2 Å². The van der Waals surface area contributed by atoms with Gasteiger partial charge in [0.1, 0.15) is 5.75 Å². The Labute approximate surface area is 151 Å². The van der Waals surface area contributed by atoms with Gasteiger partial charge in [-0.3, -0.25) is 4.90 Å². The number of hydrogen-bond acceptors (Lipinski definition) is 3. The Balaban J connectivity index is 1.63. The van der Waals surface area contributed by atoms with E-state index in [1.165, 1.54) is 49.7 Å². The van der Waals surface area contributed by atoms with E-state index >= 15 is 0 Å². The molecule has 2 aliphatic rings. The van der Waals surface area contributed by atoms with Crippen LogP contribution >= 0.6 is 0 Å². The summed E-state index contributed by atoms with van der Waals surface area (Å²) in [6.07, 6.45) is 9.24. The summed E-state index contributed by atoms with van der Waals surface area (Å²) in [5.74, 6) is 1.28. The number of unbranched alkanes of at least 4 members (excludes halogenated alkanes) is 3. The lowest BCUT2D eigenvalue weighted by Gasteiger charge is -2.27. The maximum atomic E-state index is 12.0. The Kier molecular flexibility index (Phi) is 6.35. The molecule has 0 fully saturated rings. The van der Waals surface area contributed by atoms with Crippen LogP contribution in [-0.2, 0) is 0 Å². The minimum Gasteiger partial charge on any atom is -0.410 e. The molecule has 0 spiro atoms. The van der Waals surface area contributed by atoms with E-state index in [-0.39, 0.29) is 6.09 Å². The van der Waals surface area contributed by atoms with Gasteiger partial charge in [0.2, 0.25) is 0 Å². The largest absolute Gasteiger partial charge is 0.412 e. The molecule has 4 heteroatoms. The van der Waals surface area contributed by atoms with E-state index in [4.69, 9.17) is 4.74 Å². The number of nitrogens with zero attached hydrogens (tertiary/aromatic N) is 1. The Bertz CT molecular complexity index is 587. The van der Waals surface area contributed by atoms with Crippen LogP contribution in [0.3, 0.4) is 0 Å². The molecule has 1 aromatic rings. The van der Waals surface area contributed by atoms with Crippen molar-refractivity contribution >= 4 is 6.09 Å². The van der Waals surface area contributed by atoms with Crippen molar-refractivity contribution < 1.29 is 9.53 Å². The summed E-state index contributed by atoms with van der Waals surface area (Å²) in [7, 11) is 2.23. The summed E-state index contributed by atoms with van der Waals surface area (Å²) in [6.45, 7) is 4.03. The van der Waals surface area contributed by atoms with Gasteiger partial charge in [-0.25, -0.2) is 4.79 Å². The van der Waals surface area contributed by atoms with Crippen LogP contribution in [0.1, 0.15) is 81.4 Å². The van der Waals surface area contributed by atoms with E-state index in [1.54, 1.807) is 0 Å². The quantitative estimate of drug-likeness (QED) is 0.738. The monoisotopic (exact) mass is 344 g/mol. The standard InChI is InChI=1S/C21H32N2O2/c1-3-4-5-6-13-22-21(24)25-17-10-11-18-19(15-17)16-8-7-9-20(18)23(2)14-12-16/h10-11,15-16,20H,3-9,12-14H2,1-2H3,(H,22,24). The Morgan fingerprint density at radius 1 is 1.20 bits per heavy atom. The van der Waals surface area contributed by atoms with Crippen LogP contribution in [0, 0.1) is 0 Å². The minimum atomic E-state index is -0.329. The van der Waals surface area contributed by atoms with Gasteiger partial charge in [-0.05, 0) is 68.5 Å². The van der Waals surface area contributed by atoms with Crippen LogP contribution in [0.25, 0.3) is 0 Å². The number of amides is 1. The number of ether oxygens (including phenoxy) is 1. The van der Waals surface area contributed by atoms with Gasteiger partial charge < -0.3 is 10.1 Å². The summed E-state index contributed by atoms with van der Waals surface area (Å²) in [4.78, 5) is 14.5. The predicted octanol–water partition coefficient (Wildman–Crippen LogP) is 5.00. The Morgan fingerprint density at radius 2 is 2.08 bits per heavy atom. The minimum absolute atomic E-state index is 0.329. The zero-order valence-corrected chi connectivity index (χ0v) is 15.7. The number of likely N-dealkylation sites (tertiary alicyclic amines) is 1. The van der Waals surface area contributed by atoms with Gasteiger partial charge in [0, 0.05) is 12.6 Å². The highest BCUT2D eigenvalue weighted by molar-refractivity contribution is 5.70. The van der Waals surface area contributed by atoms with Crippen molar-refractivity contribution in [1.29, 1.82) is 0 Å². The normalized spacial score (nSPS) is 22.8. The van der Waals surface area contributed by atoms with Gasteiger partial charge in [-0.2, -0.15) is 0 Å². The molecule has 138 valence electrons. The van der Waals surface area contributed by atoms with Crippen molar-refractivity contribution in [2.45, 2.75) is 70.3 Å². The Hall–Kier alpha value is -1.55. The molecule has 0 saturated carbocycles. The summed E-state index contributed by atoms with van der Waals surface area (Å²) < 4.78 is 5.54. The second-order valence-electron chi connectivity index (χ2n) is 7.58. The molecule has 1 aliphatic carbocycles. The van der Waals surface area contributed by atoms with Gasteiger partial charge in [0.25, 0.3) is 0 Å². The van der Waals surface area contributed by atoms with Gasteiger partial charge in [-0.1, -0.05) is 38.7 Å². The molecule has 1 aromatic carbocycles. The summed E-state index contributed by atoms with van der Waals surface area (Å²) in [5.41, 5.74) is 2.84. The van der Waals surface area contributed by atoms with Gasteiger partial charge >= 0.3 is 6.09 Å². The van der Waals surface area contributed by atoms with Crippen LogP contribution in [0.15, 0.2) is 18.2 Å². The first kappa shape index (κ1) is 18.2. The van der Waals surface area contributed by atoms with E-state index < -0.39 is 0 Å². The molecule has 0 aromatic heterocycles. The van der Waals surface area contributed by atoms with E-state index in [9.17, 15) is 4.79 Å². The Morgan fingerprint density at radius 3 is 2.92 bits per heavy atom. The highest BCUT2D eigenvalue weighted by Crippen LogP contribution is 2.44. The highest BCUT2D eigenvalue weighted by Gasteiger charge is 2.31. The fourth-order valence-electron chi connectivity index (χ4n) is 4.30. The van der Waals surface area contributed by atoms with Crippen LogP contribution < -0.4 is 10.1 Å². The number of rotatable bonds is 6. The fourth-order valence-corrected chi connectivity index (χ4v) is 4.30. The molecule has 1 amide bonds. The smallest absolute Gasteiger partial charge is 0.410 e. The second-order valence-corrected chi connectivity index (χ2v) is 7.58. The second kappa shape index (κ2) is 8.70. The van der Waals surface area contributed by atoms with Crippen molar-refractivity contribution in [2.24, 2.45) is 0 Å². The summed E-state index contributed by atoms with van der Waals surface area (Å²) in [6, 6.07) is 6.78. The lowest BCUT2D eigenvalue weighted by Crippen LogP contribution is -2.27. The molecule has 4 nitrogen and oxygen atoms in total. The SMILES string of the molecule is CCCCCCNC(=O)Oc1ccc2c(c1)C1CCCC2N(C)CC1. The molecule has 1 N–H and O–H groups in total. The lowest BCUT2D eigenvalue weighted by molar-refractivity contribution is 0.200. The molecular weight excluding hydrogens is 312 g/mol. The van der Waals surface area contributed by atoms with Crippen LogP contribution in [0.2, 0.25) is 0 Å². The third-order valence-corrected chi connectivity index (χ3v) is 5.76. The van der Waals surface area contributed by atoms with Crippen LogP contribution in [0.5, 0.6) is 5.75 Å². The maximum Gasteiger partial charge on any atom is 0.412 e. The van der Waals surface area contributed by atoms with Crippen LogP contribution in [0.4, 0.5) is 4.79 Å². The third kappa shape index (κ3) is 4.55. The predicted molar refractivity (Wildman–Crippen MR) is 101 cm³/mol. The molecule has 1 heterocycles. The molecule has 25 heavy (non-hydrogen) atoms. The number of carbonyl (C=O) groups excluding carboxylic acids is 1. The molecular formula is C21H32N2O2. The maximum absolute atomic E-state index is 12.0. The highest BCUT2D eigenvalue weighted by atomic mass is 16.6. The van der Waals surface area contributed by atoms with E-state index in [0.29, 0.717) is 24.3 Å². The fraction of sp³-hybridized carbons (Fsp3) is 0.667. The average molecular weight is 344 g/mol. The first-order chi connectivity index (χ1) is 12.2. The summed E-state index contributed by atoms with van der Waals surface area (Å²) >= 11 is 0. The average Bonchev–Trinajstić information content (AvgIpc) is 2.84.